The van der Waals surface area contributed by atoms with Gasteiger partial charge in [0.15, 0.2) is 0 Å². The third-order valence-electron chi connectivity index (χ3n) is 5.63. The van der Waals surface area contributed by atoms with Gasteiger partial charge in [0.25, 0.3) is 0 Å². The third kappa shape index (κ3) is 5.08. The summed E-state index contributed by atoms with van der Waals surface area (Å²) in [7, 11) is 1.78. The average Bonchev–Trinajstić information content (AvgIpc) is 2.70. The number of piperidine rings is 1. The molecule has 1 saturated heterocycles. The second kappa shape index (κ2) is 9.16. The fraction of sp³-hybridized carbons (Fsp3) is 0.455. The number of aliphatic hydroxyl groups excluding tert-OH is 1. The van der Waals surface area contributed by atoms with Crippen molar-refractivity contribution < 1.29 is 14.2 Å². The Morgan fingerprint density at radius 2 is 1.74 bits per heavy atom. The summed E-state index contributed by atoms with van der Waals surface area (Å²) < 4.78 is 18.9. The van der Waals surface area contributed by atoms with Gasteiger partial charge in [-0.25, -0.2) is 4.39 Å². The van der Waals surface area contributed by atoms with Gasteiger partial charge in [-0.2, -0.15) is 0 Å². The maximum Gasteiger partial charge on any atom is 0.123 e. The number of nitrogens with zero attached hydrogens (tertiary/aromatic N) is 1. The van der Waals surface area contributed by atoms with E-state index in [1.807, 2.05) is 12.1 Å². The lowest BCUT2D eigenvalue weighted by Crippen LogP contribution is -2.44. The summed E-state index contributed by atoms with van der Waals surface area (Å²) in [6.07, 6.45) is 2.91. The molecule has 0 radical (unpaired) electrons. The van der Waals surface area contributed by atoms with Crippen molar-refractivity contribution in [3.63, 3.8) is 0 Å². The zero-order chi connectivity index (χ0) is 19.3. The lowest BCUT2D eigenvalue weighted by Gasteiger charge is -2.41. The normalized spacial score (nSPS) is 18.4. The van der Waals surface area contributed by atoms with Crippen LogP contribution in [-0.2, 0) is 10.3 Å². The van der Waals surface area contributed by atoms with Crippen LogP contribution in [0.25, 0.3) is 0 Å². The SMILES string of the molecule is COC1(c2ccc(Cl)cc2)CCN(CCCC(O)c2ccc(F)cc2)CC1. The molecule has 2 aromatic carbocycles. The average molecular weight is 392 g/mol. The van der Waals surface area contributed by atoms with E-state index >= 15 is 0 Å². The lowest BCUT2D eigenvalue weighted by molar-refractivity contribution is -0.0628. The Morgan fingerprint density at radius 3 is 2.33 bits per heavy atom. The van der Waals surface area contributed by atoms with E-state index in [9.17, 15) is 9.50 Å². The maximum absolute atomic E-state index is 13.0. The molecule has 5 heteroatoms. The van der Waals surface area contributed by atoms with E-state index in [1.165, 1.54) is 17.7 Å². The molecular formula is C22H27ClFNO2. The summed E-state index contributed by atoms with van der Waals surface area (Å²) in [4.78, 5) is 2.42. The number of benzene rings is 2. The van der Waals surface area contributed by atoms with E-state index in [-0.39, 0.29) is 11.4 Å². The van der Waals surface area contributed by atoms with Gasteiger partial charge in [-0.1, -0.05) is 35.9 Å². The Morgan fingerprint density at radius 1 is 1.11 bits per heavy atom. The molecule has 0 saturated carbocycles. The molecular weight excluding hydrogens is 365 g/mol. The highest BCUT2D eigenvalue weighted by molar-refractivity contribution is 6.30. The van der Waals surface area contributed by atoms with Crippen molar-refractivity contribution in [1.82, 2.24) is 4.90 Å². The predicted molar refractivity (Wildman–Crippen MR) is 106 cm³/mol. The molecule has 1 aliphatic heterocycles. The summed E-state index contributed by atoms with van der Waals surface area (Å²) >= 11 is 6.01. The van der Waals surface area contributed by atoms with Crippen molar-refractivity contribution >= 4 is 11.6 Å². The number of rotatable bonds is 7. The highest BCUT2D eigenvalue weighted by Crippen LogP contribution is 2.36. The summed E-state index contributed by atoms with van der Waals surface area (Å²) in [6, 6.07) is 14.0. The highest BCUT2D eigenvalue weighted by atomic mass is 35.5. The summed E-state index contributed by atoms with van der Waals surface area (Å²) in [6.45, 7) is 2.87. The number of hydrogen-bond donors (Lipinski definition) is 1. The van der Waals surface area contributed by atoms with Gasteiger partial charge in [0, 0.05) is 25.2 Å². The van der Waals surface area contributed by atoms with E-state index in [4.69, 9.17) is 16.3 Å². The molecule has 1 atom stereocenters. The van der Waals surface area contributed by atoms with E-state index < -0.39 is 6.10 Å². The van der Waals surface area contributed by atoms with Crippen molar-refractivity contribution in [3.05, 3.63) is 70.5 Å². The van der Waals surface area contributed by atoms with Crippen LogP contribution in [0.5, 0.6) is 0 Å². The predicted octanol–water partition coefficient (Wildman–Crippen LogP) is 4.93. The van der Waals surface area contributed by atoms with Crippen molar-refractivity contribution in [2.75, 3.05) is 26.7 Å². The van der Waals surface area contributed by atoms with E-state index in [2.05, 4.69) is 17.0 Å². The number of ether oxygens (including phenoxy) is 1. The molecule has 1 unspecified atom stereocenters. The minimum Gasteiger partial charge on any atom is -0.388 e. The quantitative estimate of drug-likeness (QED) is 0.726. The molecule has 0 aliphatic carbocycles. The van der Waals surface area contributed by atoms with Crippen LogP contribution in [0.15, 0.2) is 48.5 Å². The van der Waals surface area contributed by atoms with Crippen molar-refractivity contribution in [3.8, 4) is 0 Å². The van der Waals surface area contributed by atoms with Gasteiger partial charge < -0.3 is 14.7 Å². The van der Waals surface area contributed by atoms with Crippen molar-refractivity contribution in [2.45, 2.75) is 37.4 Å². The van der Waals surface area contributed by atoms with Gasteiger partial charge in [-0.15, -0.1) is 0 Å². The molecule has 27 heavy (non-hydrogen) atoms. The second-order valence-corrected chi connectivity index (χ2v) is 7.69. The summed E-state index contributed by atoms with van der Waals surface area (Å²) in [5.41, 5.74) is 1.71. The fourth-order valence-corrected chi connectivity index (χ4v) is 3.99. The first-order valence-corrected chi connectivity index (χ1v) is 9.87. The second-order valence-electron chi connectivity index (χ2n) is 7.26. The van der Waals surface area contributed by atoms with Crippen LogP contribution in [0.1, 0.15) is 42.9 Å². The summed E-state index contributed by atoms with van der Waals surface area (Å²) in [5.74, 6) is -0.276. The Bertz CT molecular complexity index is 712. The van der Waals surface area contributed by atoms with Crippen molar-refractivity contribution in [1.29, 1.82) is 0 Å². The minimum atomic E-state index is -0.539. The van der Waals surface area contributed by atoms with Crippen LogP contribution in [0.2, 0.25) is 5.02 Å². The molecule has 0 bridgehead atoms. The van der Waals surface area contributed by atoms with Crippen molar-refractivity contribution in [2.24, 2.45) is 0 Å². The van der Waals surface area contributed by atoms with Crippen LogP contribution in [0.4, 0.5) is 4.39 Å². The number of likely N-dealkylation sites (tertiary alicyclic amines) is 1. The maximum atomic E-state index is 13.0. The molecule has 1 fully saturated rings. The summed E-state index contributed by atoms with van der Waals surface area (Å²) in [5, 5.41) is 11.0. The van der Waals surface area contributed by atoms with Gasteiger partial charge in [-0.05, 0) is 67.6 Å². The van der Waals surface area contributed by atoms with Crippen LogP contribution < -0.4 is 0 Å². The zero-order valence-electron chi connectivity index (χ0n) is 15.7. The van der Waals surface area contributed by atoms with E-state index in [0.29, 0.717) is 6.42 Å². The molecule has 0 aromatic heterocycles. The molecule has 1 N–H and O–H groups in total. The zero-order valence-corrected chi connectivity index (χ0v) is 16.5. The minimum absolute atomic E-state index is 0.241. The monoisotopic (exact) mass is 391 g/mol. The molecule has 3 rings (SSSR count). The highest BCUT2D eigenvalue weighted by Gasteiger charge is 2.36. The van der Waals surface area contributed by atoms with Crippen LogP contribution in [0, 0.1) is 5.82 Å². The van der Waals surface area contributed by atoms with Gasteiger partial charge in [0.2, 0.25) is 0 Å². The topological polar surface area (TPSA) is 32.7 Å². The Hall–Kier alpha value is -1.46. The van der Waals surface area contributed by atoms with Crippen LogP contribution >= 0.6 is 11.6 Å². The molecule has 1 heterocycles. The van der Waals surface area contributed by atoms with Crippen LogP contribution in [0.3, 0.4) is 0 Å². The van der Waals surface area contributed by atoms with Gasteiger partial charge in [0.1, 0.15) is 5.82 Å². The van der Waals surface area contributed by atoms with E-state index in [0.717, 1.165) is 49.5 Å². The first-order chi connectivity index (χ1) is 13.0. The van der Waals surface area contributed by atoms with Crippen LogP contribution in [-0.4, -0.2) is 36.8 Å². The van der Waals surface area contributed by atoms with Gasteiger partial charge in [0.05, 0.1) is 11.7 Å². The van der Waals surface area contributed by atoms with E-state index in [1.54, 1.807) is 19.2 Å². The van der Waals surface area contributed by atoms with Gasteiger partial charge in [-0.3, -0.25) is 0 Å². The number of methoxy groups -OCH3 is 1. The first kappa shape index (κ1) is 20.3. The standard InChI is InChI=1S/C22H27ClFNO2/c1-27-22(18-6-8-19(23)9-7-18)12-15-25(16-13-22)14-2-3-21(26)17-4-10-20(24)11-5-17/h4-11,21,26H,2-3,12-16H2,1H3. The number of aliphatic hydroxyl groups is 1. The molecule has 0 spiro atoms. The van der Waals surface area contributed by atoms with Gasteiger partial charge >= 0.3 is 0 Å². The molecule has 3 nitrogen and oxygen atoms in total. The smallest absolute Gasteiger partial charge is 0.123 e. The molecule has 1 aliphatic rings. The number of hydrogen-bond acceptors (Lipinski definition) is 3. The first-order valence-electron chi connectivity index (χ1n) is 9.49. The fourth-order valence-electron chi connectivity index (χ4n) is 3.86. The third-order valence-corrected chi connectivity index (χ3v) is 5.88. The Kier molecular flexibility index (Phi) is 6.88. The number of halogens is 2. The molecule has 146 valence electrons. The molecule has 0 amide bonds. The Labute approximate surface area is 165 Å². The Balaban J connectivity index is 1.47. The lowest BCUT2D eigenvalue weighted by atomic mass is 9.84. The largest absolute Gasteiger partial charge is 0.388 e. The molecule has 2 aromatic rings.